The Morgan fingerprint density at radius 1 is 0.698 bits per heavy atom. The van der Waals surface area contributed by atoms with Crippen molar-refractivity contribution in [2.75, 3.05) is 26.4 Å². The molecule has 0 aliphatic heterocycles. The van der Waals surface area contributed by atoms with Gasteiger partial charge in [0.15, 0.2) is 34.8 Å². The average Bonchev–Trinajstić information content (AvgIpc) is 2.95. The van der Waals surface area contributed by atoms with Crippen LogP contribution in [0.3, 0.4) is 0 Å². The summed E-state index contributed by atoms with van der Waals surface area (Å²) in [6.45, 7) is 7.56. The van der Waals surface area contributed by atoms with Crippen LogP contribution in [0.15, 0.2) is 13.2 Å². The number of esters is 1. The molecule has 0 amide bonds. The molecule has 0 aromatic heterocycles. The second-order valence-electron chi connectivity index (χ2n) is 7.53. The Bertz CT molecular complexity index is 1250. The summed E-state index contributed by atoms with van der Waals surface area (Å²) in [4.78, 5) is 20.5. The standard InChI is InChI=1S/C13H11BrF4O3.C10H8F4O2.C3H4Br2O/c1-3-7-8(15)10(17)12(11(18)9(7)16)20-4-5-21-13(19)6(2)14;1-2-5-6(11)8(13)10(16-4-3-15)9(14)7(5)12;1-2(4)3(5)6/h3,6H,1,4-5H2,2H3;2,15H,1,3-4H2;2H,1H3. The molecule has 2 aromatic carbocycles. The van der Waals surface area contributed by atoms with Gasteiger partial charge in [-0.25, -0.2) is 17.6 Å². The van der Waals surface area contributed by atoms with Crippen molar-refractivity contribution in [3.8, 4) is 11.5 Å². The number of rotatable bonds is 11. The van der Waals surface area contributed by atoms with Crippen molar-refractivity contribution >= 4 is 70.6 Å². The van der Waals surface area contributed by atoms with E-state index in [-0.39, 0.29) is 16.1 Å². The van der Waals surface area contributed by atoms with Gasteiger partial charge in [0.1, 0.15) is 24.6 Å². The predicted octanol–water partition coefficient (Wildman–Crippen LogP) is 7.54. The molecule has 0 heterocycles. The molecule has 240 valence electrons. The third-order valence-corrected chi connectivity index (χ3v) is 6.56. The maximum absolute atomic E-state index is 13.5. The summed E-state index contributed by atoms with van der Waals surface area (Å²) in [7, 11) is 0. The highest BCUT2D eigenvalue weighted by atomic mass is 79.9. The molecular weight excluding hydrogens is 800 g/mol. The fourth-order valence-electron chi connectivity index (χ4n) is 2.42. The summed E-state index contributed by atoms with van der Waals surface area (Å²) in [5.74, 6) is -16.0. The number of hydrogen-bond acceptors (Lipinski definition) is 6. The van der Waals surface area contributed by atoms with Gasteiger partial charge in [0.25, 0.3) is 0 Å². The minimum atomic E-state index is -1.68. The molecule has 0 spiro atoms. The monoisotopic (exact) mass is 820 g/mol. The molecule has 43 heavy (non-hydrogen) atoms. The molecule has 1 N–H and O–H groups in total. The van der Waals surface area contributed by atoms with Gasteiger partial charge in [0, 0.05) is 0 Å². The molecule has 2 unspecified atom stereocenters. The quantitative estimate of drug-likeness (QED) is 0.0631. The Balaban J connectivity index is 0.000000707. The SMILES string of the molecule is C=Cc1c(F)c(F)c(OCCO)c(F)c1F.C=Cc1c(F)c(F)c(OCCOC(=O)C(C)Br)c(F)c1F.CC(Br)C(=O)Br. The number of halogens is 11. The van der Waals surface area contributed by atoms with Crippen LogP contribution in [-0.2, 0) is 14.3 Å². The Morgan fingerprint density at radius 3 is 1.28 bits per heavy atom. The van der Waals surface area contributed by atoms with Crippen LogP contribution in [0.2, 0.25) is 0 Å². The van der Waals surface area contributed by atoms with Crippen molar-refractivity contribution in [1.82, 2.24) is 0 Å². The zero-order valence-corrected chi connectivity index (χ0v) is 27.0. The number of benzene rings is 2. The highest BCUT2D eigenvalue weighted by Gasteiger charge is 2.26. The van der Waals surface area contributed by atoms with Gasteiger partial charge >= 0.3 is 5.97 Å². The van der Waals surface area contributed by atoms with Crippen LogP contribution in [-0.4, -0.2) is 51.9 Å². The van der Waals surface area contributed by atoms with E-state index >= 15 is 0 Å². The third-order valence-electron chi connectivity index (χ3n) is 4.47. The lowest BCUT2D eigenvalue weighted by Crippen LogP contribution is -2.18. The number of ether oxygens (including phenoxy) is 3. The molecular formula is C26H23Br3F8O6. The lowest BCUT2D eigenvalue weighted by Gasteiger charge is -2.12. The Labute approximate surface area is 266 Å². The molecule has 0 bridgehead atoms. The summed E-state index contributed by atoms with van der Waals surface area (Å²) >= 11 is 8.75. The number of carbonyl (C=O) groups is 2. The molecule has 2 rings (SSSR count). The minimum absolute atomic E-state index is 0.0116. The Morgan fingerprint density at radius 2 is 1.02 bits per heavy atom. The molecule has 0 radical (unpaired) electrons. The minimum Gasteiger partial charge on any atom is -0.485 e. The van der Waals surface area contributed by atoms with E-state index in [4.69, 9.17) is 5.11 Å². The first-order chi connectivity index (χ1) is 20.0. The highest BCUT2D eigenvalue weighted by Crippen LogP contribution is 2.31. The van der Waals surface area contributed by atoms with Crippen LogP contribution < -0.4 is 9.47 Å². The summed E-state index contributed by atoms with van der Waals surface area (Å²) < 4.78 is 120. The number of aliphatic hydroxyl groups is 1. The molecule has 0 saturated carbocycles. The topological polar surface area (TPSA) is 82.1 Å². The van der Waals surface area contributed by atoms with E-state index in [1.807, 2.05) is 0 Å². The van der Waals surface area contributed by atoms with E-state index in [0.29, 0.717) is 12.2 Å². The van der Waals surface area contributed by atoms with Crippen LogP contribution in [0, 0.1) is 46.5 Å². The maximum Gasteiger partial charge on any atom is 0.319 e. The lowest BCUT2D eigenvalue weighted by atomic mass is 10.1. The van der Waals surface area contributed by atoms with Crippen LogP contribution >= 0.6 is 47.8 Å². The normalized spacial score (nSPS) is 11.6. The van der Waals surface area contributed by atoms with Crippen LogP contribution in [0.25, 0.3) is 12.2 Å². The zero-order valence-electron chi connectivity index (χ0n) is 22.2. The number of hydrogen-bond donors (Lipinski definition) is 1. The van der Waals surface area contributed by atoms with Gasteiger partial charge in [0.05, 0.1) is 22.6 Å². The van der Waals surface area contributed by atoms with Gasteiger partial charge in [-0.2, -0.15) is 17.6 Å². The van der Waals surface area contributed by atoms with Crippen molar-refractivity contribution in [2.45, 2.75) is 23.5 Å². The van der Waals surface area contributed by atoms with Gasteiger partial charge in [0.2, 0.25) is 28.0 Å². The smallest absolute Gasteiger partial charge is 0.319 e. The number of aliphatic hydroxyl groups excluding tert-OH is 1. The Hall–Kier alpha value is -2.50. The molecule has 0 aliphatic carbocycles. The highest BCUT2D eigenvalue weighted by molar-refractivity contribution is 9.20. The Kier molecular flexibility index (Phi) is 18.6. The van der Waals surface area contributed by atoms with E-state index in [9.17, 15) is 44.7 Å². The molecule has 0 aliphatic rings. The van der Waals surface area contributed by atoms with Crippen molar-refractivity contribution in [3.63, 3.8) is 0 Å². The third kappa shape index (κ3) is 11.8. The molecule has 0 fully saturated rings. The summed E-state index contributed by atoms with van der Waals surface area (Å²) in [6.07, 6.45) is 1.31. The second-order valence-corrected chi connectivity index (χ2v) is 11.1. The van der Waals surface area contributed by atoms with Gasteiger partial charge in [-0.1, -0.05) is 57.2 Å². The van der Waals surface area contributed by atoms with Gasteiger partial charge in [-0.15, -0.1) is 0 Å². The van der Waals surface area contributed by atoms with E-state index < -0.39 is 99.8 Å². The largest absolute Gasteiger partial charge is 0.485 e. The molecule has 2 aromatic rings. The van der Waals surface area contributed by atoms with Crippen LogP contribution in [0.5, 0.6) is 11.5 Å². The molecule has 0 saturated heterocycles. The van der Waals surface area contributed by atoms with E-state index in [1.165, 1.54) is 6.92 Å². The van der Waals surface area contributed by atoms with Gasteiger partial charge in [-0.3, -0.25) is 9.59 Å². The van der Waals surface area contributed by atoms with Gasteiger partial charge in [-0.05, 0) is 29.8 Å². The fraction of sp³-hybridized carbons (Fsp3) is 0.308. The van der Waals surface area contributed by atoms with Crippen molar-refractivity contribution < 1.29 is 64.0 Å². The lowest BCUT2D eigenvalue weighted by molar-refractivity contribution is -0.143. The zero-order chi connectivity index (χ0) is 33.6. The molecule has 17 heteroatoms. The van der Waals surface area contributed by atoms with Crippen LogP contribution in [0.1, 0.15) is 25.0 Å². The average molecular weight is 823 g/mol. The maximum atomic E-state index is 13.5. The van der Waals surface area contributed by atoms with Crippen molar-refractivity contribution in [1.29, 1.82) is 0 Å². The predicted molar refractivity (Wildman–Crippen MR) is 152 cm³/mol. The first-order valence-corrected chi connectivity index (χ1v) is 14.1. The number of carbonyl (C=O) groups excluding carboxylic acids is 2. The summed E-state index contributed by atoms with van der Waals surface area (Å²) in [5, 5.41) is 8.38. The second kappa shape index (κ2) is 19.7. The van der Waals surface area contributed by atoms with Crippen LogP contribution in [0.4, 0.5) is 35.1 Å². The van der Waals surface area contributed by atoms with Crippen molar-refractivity contribution in [2.24, 2.45) is 0 Å². The molecule has 2 atom stereocenters. The first kappa shape index (κ1) is 40.5. The van der Waals surface area contributed by atoms with Crippen molar-refractivity contribution in [3.05, 3.63) is 70.8 Å². The van der Waals surface area contributed by atoms with E-state index in [2.05, 4.69) is 75.2 Å². The number of alkyl halides is 2. The van der Waals surface area contributed by atoms with Gasteiger partial charge < -0.3 is 19.3 Å². The van der Waals surface area contributed by atoms with E-state index in [1.54, 1.807) is 6.92 Å². The van der Waals surface area contributed by atoms with E-state index in [0.717, 1.165) is 0 Å². The molecule has 6 nitrogen and oxygen atoms in total. The summed E-state index contributed by atoms with van der Waals surface area (Å²) in [5.41, 5.74) is -1.82. The fourth-order valence-corrected chi connectivity index (χ4v) is 2.55. The summed E-state index contributed by atoms with van der Waals surface area (Å²) in [6, 6.07) is 0. The first-order valence-electron chi connectivity index (χ1n) is 11.5.